The van der Waals surface area contributed by atoms with E-state index in [0.717, 1.165) is 68.2 Å². The highest BCUT2D eigenvalue weighted by atomic mass is 19.4. The first-order valence-corrected chi connectivity index (χ1v) is 26.4. The molecule has 15 rings (SSSR count). The maximum absolute atomic E-state index is 15.3. The van der Waals surface area contributed by atoms with Crippen molar-refractivity contribution in [2.24, 2.45) is 0 Å². The molecule has 0 N–H and O–H groups in total. The molecule has 82 heavy (non-hydrogen) atoms. The zero-order chi connectivity index (χ0) is 55.8. The van der Waals surface area contributed by atoms with Crippen LogP contribution in [-0.2, 0) is 12.4 Å². The molecule has 0 radical (unpaired) electrons. The third-order valence-corrected chi connectivity index (χ3v) is 16.1. The van der Waals surface area contributed by atoms with Crippen LogP contribution in [0.15, 0.2) is 231 Å². The van der Waals surface area contributed by atoms with E-state index < -0.39 is 23.5 Å². The standard InChI is InChI=1S/C70H38F6N6/c71-69(72,73)41-33-35-49-45-21-7-13-31-59(45)81(61(49)37-41)67-55(39-77)63(53-27-15-25-51-47-23-9-11-29-57(47)79(65(51)53)43-17-3-1-4-18-43)64(54-28-16-26-52-48-24-10-12-30-58(48)80(66(52)54)44-19-5-2-6-20-44)56(40-78)68(67)82-60-32-14-8-22-46(60)50-36-34-42(38-62(50)82)70(74,75)76/h1-38H. The highest BCUT2D eigenvalue weighted by molar-refractivity contribution is 6.21. The largest absolute Gasteiger partial charge is 0.416 e. The number of hydrogen-bond donors (Lipinski definition) is 0. The molecular weight excluding hydrogens is 1040 g/mol. The van der Waals surface area contributed by atoms with Crippen LogP contribution in [0.2, 0.25) is 0 Å². The molecule has 4 heterocycles. The second-order valence-electron chi connectivity index (χ2n) is 20.4. The van der Waals surface area contributed by atoms with Crippen molar-refractivity contribution in [1.82, 2.24) is 18.3 Å². The molecule has 15 aromatic rings. The van der Waals surface area contributed by atoms with Gasteiger partial charge in [0, 0.05) is 76.7 Å². The second-order valence-corrected chi connectivity index (χ2v) is 20.4. The number of nitrogens with zero attached hydrogens (tertiary/aromatic N) is 6. The van der Waals surface area contributed by atoms with E-state index in [4.69, 9.17) is 0 Å². The van der Waals surface area contributed by atoms with E-state index in [1.807, 2.05) is 146 Å². The van der Waals surface area contributed by atoms with E-state index >= 15 is 26.3 Å². The van der Waals surface area contributed by atoms with E-state index in [-0.39, 0.29) is 44.7 Å². The van der Waals surface area contributed by atoms with Gasteiger partial charge in [-0.15, -0.1) is 0 Å². The van der Waals surface area contributed by atoms with Gasteiger partial charge in [-0.2, -0.15) is 36.9 Å². The summed E-state index contributed by atoms with van der Waals surface area (Å²) in [4.78, 5) is 0. The van der Waals surface area contributed by atoms with Crippen LogP contribution in [0.1, 0.15) is 22.3 Å². The summed E-state index contributed by atoms with van der Waals surface area (Å²) in [5.41, 5.74) is 4.95. The first-order valence-electron chi connectivity index (χ1n) is 26.4. The SMILES string of the molecule is N#Cc1c(-c2cccc3c4ccccc4n(-c4ccccc4)c23)c(-c2cccc3c4ccccc4n(-c4ccccc4)c23)c(C#N)c(-n2c3ccccc3c3ccc(C(F)(F)F)cc32)c1-n1c2ccccc2c2ccc(C(F)(F)F)cc21. The van der Waals surface area contributed by atoms with Crippen molar-refractivity contribution in [2.45, 2.75) is 12.4 Å². The molecule has 11 aromatic carbocycles. The van der Waals surface area contributed by atoms with E-state index in [2.05, 4.69) is 21.3 Å². The fourth-order valence-electron chi connectivity index (χ4n) is 12.8. The van der Waals surface area contributed by atoms with Crippen molar-refractivity contribution in [2.75, 3.05) is 0 Å². The van der Waals surface area contributed by atoms with Crippen LogP contribution >= 0.6 is 0 Å². The van der Waals surface area contributed by atoms with Gasteiger partial charge in [-0.1, -0.05) is 158 Å². The molecule has 0 saturated heterocycles. The fourth-order valence-corrected chi connectivity index (χ4v) is 12.8. The molecule has 390 valence electrons. The Kier molecular flexibility index (Phi) is 10.5. The van der Waals surface area contributed by atoms with Crippen LogP contribution in [0.4, 0.5) is 26.3 Å². The predicted molar refractivity (Wildman–Crippen MR) is 314 cm³/mol. The first-order chi connectivity index (χ1) is 39.9. The molecule has 0 aliphatic heterocycles. The molecule has 12 heteroatoms. The summed E-state index contributed by atoms with van der Waals surface area (Å²) in [5, 5.41) is 30.7. The minimum Gasteiger partial charge on any atom is -0.309 e. The summed E-state index contributed by atoms with van der Waals surface area (Å²) in [5.74, 6) is 0. The average Bonchev–Trinajstić information content (AvgIpc) is 1.99. The van der Waals surface area contributed by atoms with Crippen LogP contribution in [0.3, 0.4) is 0 Å². The van der Waals surface area contributed by atoms with Crippen molar-refractivity contribution < 1.29 is 26.3 Å². The third kappa shape index (κ3) is 6.95. The molecule has 0 aliphatic carbocycles. The molecule has 0 atom stereocenters. The molecule has 0 unspecified atom stereocenters. The van der Waals surface area contributed by atoms with Crippen LogP contribution in [0.25, 0.3) is 132 Å². The fraction of sp³-hybridized carbons (Fsp3) is 0.0286. The maximum Gasteiger partial charge on any atom is 0.416 e. The van der Waals surface area contributed by atoms with Gasteiger partial charge in [0.2, 0.25) is 0 Å². The smallest absolute Gasteiger partial charge is 0.309 e. The Morgan fingerprint density at radius 3 is 0.951 bits per heavy atom. The third-order valence-electron chi connectivity index (χ3n) is 16.1. The number of halogens is 6. The van der Waals surface area contributed by atoms with Crippen molar-refractivity contribution in [3.8, 4) is 57.1 Å². The first kappa shape index (κ1) is 48.3. The summed E-state index contributed by atoms with van der Waals surface area (Å²) < 4.78 is 98.9. The second kappa shape index (κ2) is 17.8. The summed E-state index contributed by atoms with van der Waals surface area (Å²) in [6, 6.07) is 73.3. The van der Waals surface area contributed by atoms with Crippen molar-refractivity contribution in [3.05, 3.63) is 253 Å². The molecule has 0 aliphatic rings. The van der Waals surface area contributed by atoms with Gasteiger partial charge >= 0.3 is 12.4 Å². The normalized spacial score (nSPS) is 12.2. The predicted octanol–water partition coefficient (Wildman–Crippen LogP) is 19.2. The number of hydrogen-bond acceptors (Lipinski definition) is 2. The van der Waals surface area contributed by atoms with Gasteiger partial charge < -0.3 is 18.3 Å². The average molecular weight is 1080 g/mol. The summed E-state index contributed by atoms with van der Waals surface area (Å²) in [6.45, 7) is 0. The molecule has 4 aromatic heterocycles. The molecule has 0 amide bonds. The summed E-state index contributed by atoms with van der Waals surface area (Å²) in [6.07, 6.45) is -9.64. The van der Waals surface area contributed by atoms with Gasteiger partial charge in [-0.25, -0.2) is 0 Å². The summed E-state index contributed by atoms with van der Waals surface area (Å²) in [7, 11) is 0. The number of rotatable bonds is 6. The lowest BCUT2D eigenvalue weighted by Gasteiger charge is -2.26. The lowest BCUT2D eigenvalue weighted by molar-refractivity contribution is -0.138. The number of aromatic nitrogens is 4. The van der Waals surface area contributed by atoms with E-state index in [0.29, 0.717) is 54.7 Å². The highest BCUT2D eigenvalue weighted by Gasteiger charge is 2.37. The maximum atomic E-state index is 15.3. The van der Waals surface area contributed by atoms with Crippen LogP contribution < -0.4 is 0 Å². The molecule has 0 spiro atoms. The topological polar surface area (TPSA) is 67.3 Å². The van der Waals surface area contributed by atoms with Gasteiger partial charge in [0.15, 0.2) is 0 Å². The Hall–Kier alpha value is -10.8. The van der Waals surface area contributed by atoms with Gasteiger partial charge in [-0.3, -0.25) is 0 Å². The van der Waals surface area contributed by atoms with E-state index in [9.17, 15) is 10.5 Å². The number of benzene rings is 11. The zero-order valence-corrected chi connectivity index (χ0v) is 42.9. The molecule has 0 bridgehead atoms. The molecule has 0 fully saturated rings. The lowest BCUT2D eigenvalue weighted by Crippen LogP contribution is -2.13. The minimum absolute atomic E-state index is 0.0152. The molecular formula is C70H38F6N6. The number of para-hydroxylation sites is 8. The van der Waals surface area contributed by atoms with Crippen LogP contribution in [0.5, 0.6) is 0 Å². The zero-order valence-electron chi connectivity index (χ0n) is 42.9. The van der Waals surface area contributed by atoms with Crippen LogP contribution in [-0.4, -0.2) is 18.3 Å². The summed E-state index contributed by atoms with van der Waals surface area (Å²) >= 11 is 0. The van der Waals surface area contributed by atoms with Crippen molar-refractivity contribution in [3.63, 3.8) is 0 Å². The Morgan fingerprint density at radius 1 is 0.293 bits per heavy atom. The van der Waals surface area contributed by atoms with Gasteiger partial charge in [0.25, 0.3) is 0 Å². The molecule has 0 saturated carbocycles. The molecule has 6 nitrogen and oxygen atoms in total. The Labute approximate surface area is 462 Å². The Balaban J connectivity index is 1.27. The van der Waals surface area contributed by atoms with E-state index in [1.54, 1.807) is 57.7 Å². The van der Waals surface area contributed by atoms with Gasteiger partial charge in [-0.05, 0) is 72.8 Å². The number of nitriles is 2. The monoisotopic (exact) mass is 1080 g/mol. The highest BCUT2D eigenvalue weighted by Crippen LogP contribution is 2.53. The van der Waals surface area contributed by atoms with Gasteiger partial charge in [0.05, 0.1) is 77.8 Å². The minimum atomic E-state index is -4.82. The van der Waals surface area contributed by atoms with Crippen molar-refractivity contribution >= 4 is 87.2 Å². The van der Waals surface area contributed by atoms with Crippen molar-refractivity contribution in [1.29, 1.82) is 10.5 Å². The Morgan fingerprint density at radius 2 is 0.598 bits per heavy atom. The quantitative estimate of drug-likeness (QED) is 0.156. The van der Waals surface area contributed by atoms with Gasteiger partial charge in [0.1, 0.15) is 12.1 Å². The van der Waals surface area contributed by atoms with Crippen LogP contribution in [0, 0.1) is 22.7 Å². The Bertz CT molecular complexity index is 4950. The number of fused-ring (bicyclic) bond motifs is 12. The number of alkyl halides is 6. The lowest BCUT2D eigenvalue weighted by atomic mass is 9.83. The van der Waals surface area contributed by atoms with E-state index in [1.165, 1.54) is 12.1 Å².